The van der Waals surface area contributed by atoms with Gasteiger partial charge in [0.15, 0.2) is 0 Å². The third-order valence-corrected chi connectivity index (χ3v) is 1.47. The summed E-state index contributed by atoms with van der Waals surface area (Å²) in [6, 6.07) is 3.89. The fraction of sp³-hybridized carbons (Fsp3) is 0.400. The molecule has 1 aromatic heterocycles. The molecule has 0 radical (unpaired) electrons. The van der Waals surface area contributed by atoms with E-state index in [1.807, 2.05) is 19.1 Å². The van der Waals surface area contributed by atoms with Gasteiger partial charge in [-0.05, 0) is 19.1 Å². The first-order valence-corrected chi connectivity index (χ1v) is 3.89. The van der Waals surface area contributed by atoms with Gasteiger partial charge in [-0.3, -0.25) is 0 Å². The summed E-state index contributed by atoms with van der Waals surface area (Å²) >= 11 is 0. The second kappa shape index (κ2) is 4.63. The molecule has 0 bridgehead atoms. The third kappa shape index (κ3) is 2.81. The van der Waals surface area contributed by atoms with Gasteiger partial charge in [-0.1, -0.05) is 5.92 Å². The van der Waals surface area contributed by atoms with Gasteiger partial charge in [-0.15, -0.1) is 6.42 Å². The summed E-state index contributed by atoms with van der Waals surface area (Å²) in [6.07, 6.45) is 5.80. The summed E-state index contributed by atoms with van der Waals surface area (Å²) in [5.41, 5.74) is 0. The largest absolute Gasteiger partial charge is 0.466 e. The molecule has 0 aliphatic heterocycles. The van der Waals surface area contributed by atoms with Gasteiger partial charge in [0.2, 0.25) is 0 Å². The van der Waals surface area contributed by atoms with Crippen molar-refractivity contribution in [1.29, 1.82) is 0 Å². The Kier molecular flexibility index (Phi) is 3.43. The van der Waals surface area contributed by atoms with E-state index in [0.717, 1.165) is 17.9 Å². The first-order chi connectivity index (χ1) is 5.83. The van der Waals surface area contributed by atoms with E-state index in [9.17, 15) is 0 Å². The Morgan fingerprint density at radius 1 is 1.58 bits per heavy atom. The van der Waals surface area contributed by atoms with Crippen molar-refractivity contribution in [3.05, 3.63) is 23.7 Å². The number of rotatable bonds is 4. The molecule has 2 nitrogen and oxygen atoms in total. The summed E-state index contributed by atoms with van der Waals surface area (Å²) in [4.78, 5) is 0. The zero-order chi connectivity index (χ0) is 8.81. The van der Waals surface area contributed by atoms with Crippen molar-refractivity contribution in [3.63, 3.8) is 0 Å². The molecule has 0 aromatic carbocycles. The molecule has 0 aliphatic rings. The molecule has 0 aliphatic carbocycles. The molecule has 0 spiro atoms. The zero-order valence-electron chi connectivity index (χ0n) is 7.17. The van der Waals surface area contributed by atoms with Gasteiger partial charge < -0.3 is 9.15 Å². The lowest BCUT2D eigenvalue weighted by molar-refractivity contribution is 0.166. The van der Waals surface area contributed by atoms with Crippen LogP contribution in [-0.4, -0.2) is 13.2 Å². The second-order valence-electron chi connectivity index (χ2n) is 2.52. The van der Waals surface area contributed by atoms with E-state index >= 15 is 0 Å². The highest BCUT2D eigenvalue weighted by atomic mass is 16.5. The van der Waals surface area contributed by atoms with Crippen molar-refractivity contribution in [2.45, 2.75) is 13.3 Å². The highest BCUT2D eigenvalue weighted by Gasteiger charge is 1.96. The molecule has 0 N–H and O–H groups in total. The average Bonchev–Trinajstić information content (AvgIpc) is 2.45. The summed E-state index contributed by atoms with van der Waals surface area (Å²) in [5, 5.41) is 0. The highest BCUT2D eigenvalue weighted by Crippen LogP contribution is 2.06. The molecular weight excluding hydrogens is 152 g/mol. The van der Waals surface area contributed by atoms with Gasteiger partial charge in [0, 0.05) is 6.42 Å². The van der Waals surface area contributed by atoms with Gasteiger partial charge >= 0.3 is 0 Å². The van der Waals surface area contributed by atoms with Crippen molar-refractivity contribution in [3.8, 4) is 12.3 Å². The molecule has 0 fully saturated rings. The maximum Gasteiger partial charge on any atom is 0.107 e. The molecule has 0 unspecified atom stereocenters. The van der Waals surface area contributed by atoms with Crippen LogP contribution in [0.1, 0.15) is 11.5 Å². The summed E-state index contributed by atoms with van der Waals surface area (Å²) in [5.74, 6) is 4.29. The zero-order valence-corrected chi connectivity index (χ0v) is 7.17. The van der Waals surface area contributed by atoms with E-state index in [2.05, 4.69) is 5.92 Å². The van der Waals surface area contributed by atoms with Crippen LogP contribution in [0.25, 0.3) is 0 Å². The summed E-state index contributed by atoms with van der Waals surface area (Å²) in [6.45, 7) is 2.92. The minimum Gasteiger partial charge on any atom is -0.466 e. The highest BCUT2D eigenvalue weighted by molar-refractivity contribution is 5.05. The van der Waals surface area contributed by atoms with Gasteiger partial charge in [-0.25, -0.2) is 0 Å². The summed E-state index contributed by atoms with van der Waals surface area (Å²) < 4.78 is 10.4. The lowest BCUT2D eigenvalue weighted by Crippen LogP contribution is -1.97. The molecule has 64 valence electrons. The maximum atomic E-state index is 5.33. The van der Waals surface area contributed by atoms with Crippen molar-refractivity contribution in [1.82, 2.24) is 0 Å². The fourth-order valence-corrected chi connectivity index (χ4v) is 0.923. The smallest absolute Gasteiger partial charge is 0.107 e. The van der Waals surface area contributed by atoms with Crippen LogP contribution in [0.15, 0.2) is 16.5 Å². The van der Waals surface area contributed by atoms with E-state index in [4.69, 9.17) is 15.6 Å². The van der Waals surface area contributed by atoms with E-state index in [0.29, 0.717) is 13.2 Å². The molecule has 1 aromatic rings. The topological polar surface area (TPSA) is 22.4 Å². The van der Waals surface area contributed by atoms with E-state index < -0.39 is 0 Å². The monoisotopic (exact) mass is 164 g/mol. The Morgan fingerprint density at radius 3 is 3.00 bits per heavy atom. The molecule has 0 amide bonds. The number of aryl methyl sites for hydroxylation is 1. The number of furan rings is 1. The Balaban J connectivity index is 2.21. The van der Waals surface area contributed by atoms with Gasteiger partial charge in [-0.2, -0.15) is 0 Å². The fourth-order valence-electron chi connectivity index (χ4n) is 0.923. The minimum atomic E-state index is 0.375. The quantitative estimate of drug-likeness (QED) is 0.500. The van der Waals surface area contributed by atoms with Crippen LogP contribution in [0.2, 0.25) is 0 Å². The number of terminal acetylenes is 1. The van der Waals surface area contributed by atoms with Crippen LogP contribution in [0, 0.1) is 19.3 Å². The normalized spacial score (nSPS) is 9.67. The van der Waals surface area contributed by atoms with Crippen LogP contribution in [0.5, 0.6) is 0 Å². The standard InChI is InChI=1S/C10H12O2/c1-3-7-11-8-6-10-5-4-9(2)12-10/h1,4-5H,6-8H2,2H3. The Hall–Kier alpha value is -1.20. The summed E-state index contributed by atoms with van der Waals surface area (Å²) in [7, 11) is 0. The molecule has 1 rings (SSSR count). The van der Waals surface area contributed by atoms with Crippen LogP contribution >= 0.6 is 0 Å². The lowest BCUT2D eigenvalue weighted by atomic mass is 10.3. The predicted molar refractivity (Wildman–Crippen MR) is 46.8 cm³/mol. The minimum absolute atomic E-state index is 0.375. The maximum absolute atomic E-state index is 5.33. The third-order valence-electron chi connectivity index (χ3n) is 1.47. The molecule has 2 heteroatoms. The van der Waals surface area contributed by atoms with E-state index in [-0.39, 0.29) is 0 Å². The number of hydrogen-bond acceptors (Lipinski definition) is 2. The van der Waals surface area contributed by atoms with E-state index in [1.54, 1.807) is 0 Å². The van der Waals surface area contributed by atoms with Crippen molar-refractivity contribution >= 4 is 0 Å². The Labute approximate surface area is 72.5 Å². The number of ether oxygens (including phenoxy) is 1. The SMILES string of the molecule is C#CCOCCc1ccc(C)o1. The van der Waals surface area contributed by atoms with Crippen LogP contribution in [0.4, 0.5) is 0 Å². The molecule has 1 heterocycles. The van der Waals surface area contributed by atoms with Crippen LogP contribution < -0.4 is 0 Å². The van der Waals surface area contributed by atoms with Gasteiger partial charge in [0.05, 0.1) is 6.61 Å². The lowest BCUT2D eigenvalue weighted by Gasteiger charge is -1.96. The van der Waals surface area contributed by atoms with Gasteiger partial charge in [0.25, 0.3) is 0 Å². The molecular formula is C10H12O2. The Morgan fingerprint density at radius 2 is 2.42 bits per heavy atom. The second-order valence-corrected chi connectivity index (χ2v) is 2.52. The predicted octanol–water partition coefficient (Wildman–Crippen LogP) is 1.78. The first-order valence-electron chi connectivity index (χ1n) is 3.89. The number of hydrogen-bond donors (Lipinski definition) is 0. The van der Waals surface area contributed by atoms with Crippen LogP contribution in [-0.2, 0) is 11.2 Å². The molecule has 0 atom stereocenters. The molecule has 0 saturated carbocycles. The van der Waals surface area contributed by atoms with Crippen molar-refractivity contribution < 1.29 is 9.15 Å². The van der Waals surface area contributed by atoms with Crippen LogP contribution in [0.3, 0.4) is 0 Å². The van der Waals surface area contributed by atoms with E-state index in [1.165, 1.54) is 0 Å². The Bertz CT molecular complexity index is 268. The van der Waals surface area contributed by atoms with Crippen molar-refractivity contribution in [2.75, 3.05) is 13.2 Å². The van der Waals surface area contributed by atoms with Crippen molar-refractivity contribution in [2.24, 2.45) is 0 Å². The average molecular weight is 164 g/mol. The molecule has 12 heavy (non-hydrogen) atoms. The van der Waals surface area contributed by atoms with Gasteiger partial charge in [0.1, 0.15) is 18.1 Å². The molecule has 0 saturated heterocycles. The first kappa shape index (κ1) is 8.89.